The fraction of sp³-hybridized carbons (Fsp3) is 0.500. The van der Waals surface area contributed by atoms with Gasteiger partial charge in [0.2, 0.25) is 5.91 Å². The van der Waals surface area contributed by atoms with E-state index in [1.54, 1.807) is 20.4 Å². The number of likely N-dealkylation sites (tertiary alicyclic amines) is 1. The summed E-state index contributed by atoms with van der Waals surface area (Å²) in [6.07, 6.45) is 3.21. The highest BCUT2D eigenvalue weighted by Crippen LogP contribution is 2.26. The molecule has 1 aliphatic rings. The first kappa shape index (κ1) is 17.6. The van der Waals surface area contributed by atoms with Gasteiger partial charge in [0.15, 0.2) is 0 Å². The van der Waals surface area contributed by atoms with Crippen LogP contribution in [0.3, 0.4) is 0 Å². The zero-order valence-electron chi connectivity index (χ0n) is 14.8. The van der Waals surface area contributed by atoms with Crippen molar-refractivity contribution in [2.45, 2.75) is 31.4 Å². The molecule has 2 heterocycles. The van der Waals surface area contributed by atoms with Crippen molar-refractivity contribution < 1.29 is 9.90 Å². The fourth-order valence-electron chi connectivity index (χ4n) is 3.28. The molecular weight excluding hydrogens is 318 g/mol. The van der Waals surface area contributed by atoms with E-state index in [-0.39, 0.29) is 12.3 Å². The molecule has 1 amide bonds. The molecule has 1 atom stereocenters. The summed E-state index contributed by atoms with van der Waals surface area (Å²) < 4.78 is 1.82. The van der Waals surface area contributed by atoms with Crippen molar-refractivity contribution in [3.8, 4) is 5.69 Å². The minimum absolute atomic E-state index is 0.0446. The third-order valence-corrected chi connectivity index (χ3v) is 4.60. The number of benzene rings is 1. The summed E-state index contributed by atoms with van der Waals surface area (Å²) >= 11 is 0. The largest absolute Gasteiger partial charge is 0.388 e. The Bertz CT molecular complexity index is 715. The monoisotopic (exact) mass is 343 g/mol. The van der Waals surface area contributed by atoms with Crippen LogP contribution in [0.25, 0.3) is 5.69 Å². The molecule has 7 heteroatoms. The first-order chi connectivity index (χ1) is 12.0. The fourth-order valence-corrected chi connectivity index (χ4v) is 3.28. The van der Waals surface area contributed by atoms with Crippen LogP contribution < -0.4 is 0 Å². The van der Waals surface area contributed by atoms with Crippen LogP contribution >= 0.6 is 0 Å². The lowest BCUT2D eigenvalue weighted by molar-refractivity contribution is -0.136. The number of carbonyl (C=O) groups excluding carboxylic acids is 1. The van der Waals surface area contributed by atoms with Gasteiger partial charge in [0, 0.05) is 20.6 Å². The summed E-state index contributed by atoms with van der Waals surface area (Å²) in [4.78, 5) is 20.1. The molecule has 0 bridgehead atoms. The normalized spacial score (nSPS) is 21.2. The van der Waals surface area contributed by atoms with Crippen molar-refractivity contribution in [1.29, 1.82) is 0 Å². The van der Waals surface area contributed by atoms with Gasteiger partial charge in [-0.2, -0.15) is 5.10 Å². The number of para-hydroxylation sites is 1. The third-order valence-electron chi connectivity index (χ3n) is 4.60. The number of piperidine rings is 1. The van der Waals surface area contributed by atoms with E-state index in [4.69, 9.17) is 0 Å². The molecule has 2 aromatic rings. The molecule has 1 aromatic carbocycles. The summed E-state index contributed by atoms with van der Waals surface area (Å²) in [5, 5.41) is 15.2. The minimum atomic E-state index is -0.975. The van der Waals surface area contributed by atoms with Gasteiger partial charge in [-0.05, 0) is 31.5 Å². The molecule has 1 aliphatic heterocycles. The first-order valence-corrected chi connectivity index (χ1v) is 8.56. The molecule has 3 rings (SSSR count). The van der Waals surface area contributed by atoms with Crippen LogP contribution in [0.15, 0.2) is 36.7 Å². The Hall–Kier alpha value is -2.25. The molecule has 1 unspecified atom stereocenters. The Labute approximate surface area is 147 Å². The van der Waals surface area contributed by atoms with Crippen molar-refractivity contribution >= 4 is 5.91 Å². The SMILES string of the molecule is CN(C)C(=O)CC1(O)CCCN(Cc2ncnn2-c2ccccc2)C1. The van der Waals surface area contributed by atoms with Crippen molar-refractivity contribution in [2.24, 2.45) is 0 Å². The molecule has 25 heavy (non-hydrogen) atoms. The van der Waals surface area contributed by atoms with Gasteiger partial charge < -0.3 is 10.0 Å². The number of rotatable bonds is 5. The highest BCUT2D eigenvalue weighted by atomic mass is 16.3. The number of nitrogens with zero attached hydrogens (tertiary/aromatic N) is 5. The molecule has 1 N–H and O–H groups in total. The summed E-state index contributed by atoms with van der Waals surface area (Å²) in [7, 11) is 3.43. The second-order valence-corrected chi connectivity index (χ2v) is 6.93. The average Bonchev–Trinajstić information content (AvgIpc) is 3.03. The number of carbonyl (C=O) groups is 1. The number of β-amino-alcohol motifs (C(OH)–C–C–N with tert-alkyl or cyclic N) is 1. The minimum Gasteiger partial charge on any atom is -0.388 e. The maximum Gasteiger partial charge on any atom is 0.224 e. The van der Waals surface area contributed by atoms with Gasteiger partial charge in [0.1, 0.15) is 12.2 Å². The predicted octanol–water partition coefficient (Wildman–Crippen LogP) is 1.07. The van der Waals surface area contributed by atoms with Crippen molar-refractivity contribution in [2.75, 3.05) is 27.2 Å². The lowest BCUT2D eigenvalue weighted by Gasteiger charge is -2.39. The second kappa shape index (κ2) is 7.33. The average molecular weight is 343 g/mol. The maximum absolute atomic E-state index is 12.0. The molecule has 1 aromatic heterocycles. The van der Waals surface area contributed by atoms with Crippen LogP contribution in [0.2, 0.25) is 0 Å². The van der Waals surface area contributed by atoms with Crippen molar-refractivity contribution in [3.63, 3.8) is 0 Å². The number of aromatic nitrogens is 3. The number of hydrogen-bond acceptors (Lipinski definition) is 5. The van der Waals surface area contributed by atoms with Gasteiger partial charge >= 0.3 is 0 Å². The number of aliphatic hydroxyl groups is 1. The summed E-state index contributed by atoms with van der Waals surface area (Å²) in [5.74, 6) is 0.784. The maximum atomic E-state index is 12.0. The zero-order chi connectivity index (χ0) is 17.9. The Balaban J connectivity index is 1.70. The third kappa shape index (κ3) is 4.24. The lowest BCUT2D eigenvalue weighted by Crippen LogP contribution is -2.50. The summed E-state index contributed by atoms with van der Waals surface area (Å²) in [6, 6.07) is 9.87. The van der Waals surface area contributed by atoms with Crippen LogP contribution in [0.5, 0.6) is 0 Å². The van der Waals surface area contributed by atoms with Gasteiger partial charge in [0.05, 0.1) is 24.3 Å². The molecule has 1 saturated heterocycles. The van der Waals surface area contributed by atoms with E-state index in [1.807, 2.05) is 35.0 Å². The van der Waals surface area contributed by atoms with Crippen molar-refractivity contribution in [3.05, 3.63) is 42.5 Å². The molecular formula is C18H25N5O2. The van der Waals surface area contributed by atoms with E-state index in [0.717, 1.165) is 24.5 Å². The highest BCUT2D eigenvalue weighted by Gasteiger charge is 2.36. The Morgan fingerprint density at radius 2 is 2.08 bits per heavy atom. The highest BCUT2D eigenvalue weighted by molar-refractivity contribution is 5.76. The smallest absolute Gasteiger partial charge is 0.224 e. The standard InChI is InChI=1S/C18H25N5O2/c1-21(2)17(24)11-18(25)9-6-10-22(13-18)12-16-19-14-20-23(16)15-7-4-3-5-8-15/h3-5,7-8,14,25H,6,9-13H2,1-2H3. The second-order valence-electron chi connectivity index (χ2n) is 6.93. The van der Waals surface area contributed by atoms with Crippen LogP contribution in [-0.4, -0.2) is 68.4 Å². The predicted molar refractivity (Wildman–Crippen MR) is 94.1 cm³/mol. The Kier molecular flexibility index (Phi) is 5.15. The van der Waals surface area contributed by atoms with E-state index in [9.17, 15) is 9.90 Å². The zero-order valence-corrected chi connectivity index (χ0v) is 14.8. The van der Waals surface area contributed by atoms with Crippen LogP contribution in [0.4, 0.5) is 0 Å². The van der Waals surface area contributed by atoms with Crippen LogP contribution in [0.1, 0.15) is 25.1 Å². The van der Waals surface area contributed by atoms with Gasteiger partial charge in [0.25, 0.3) is 0 Å². The first-order valence-electron chi connectivity index (χ1n) is 8.56. The van der Waals surface area contributed by atoms with Crippen LogP contribution in [0, 0.1) is 0 Å². The summed E-state index contributed by atoms with van der Waals surface area (Å²) in [5.41, 5.74) is -0.0120. The number of amides is 1. The van der Waals surface area contributed by atoms with Crippen LogP contribution in [-0.2, 0) is 11.3 Å². The molecule has 0 radical (unpaired) electrons. The molecule has 0 saturated carbocycles. The quantitative estimate of drug-likeness (QED) is 0.879. The van der Waals surface area contributed by atoms with Gasteiger partial charge in [-0.15, -0.1) is 0 Å². The molecule has 7 nitrogen and oxygen atoms in total. The van der Waals surface area contributed by atoms with Crippen molar-refractivity contribution in [1.82, 2.24) is 24.6 Å². The Morgan fingerprint density at radius 3 is 2.80 bits per heavy atom. The van der Waals surface area contributed by atoms with Gasteiger partial charge in [-0.3, -0.25) is 9.69 Å². The molecule has 0 aliphatic carbocycles. The van der Waals surface area contributed by atoms with E-state index >= 15 is 0 Å². The van der Waals surface area contributed by atoms with E-state index in [2.05, 4.69) is 15.0 Å². The topological polar surface area (TPSA) is 74.5 Å². The Morgan fingerprint density at radius 1 is 1.32 bits per heavy atom. The van der Waals surface area contributed by atoms with Gasteiger partial charge in [-0.25, -0.2) is 9.67 Å². The molecule has 0 spiro atoms. The van der Waals surface area contributed by atoms with Gasteiger partial charge in [-0.1, -0.05) is 18.2 Å². The number of hydrogen-bond donors (Lipinski definition) is 1. The molecule has 134 valence electrons. The van der Waals surface area contributed by atoms with E-state index in [1.165, 1.54) is 4.90 Å². The van der Waals surface area contributed by atoms with E-state index < -0.39 is 5.60 Å². The summed E-state index contributed by atoms with van der Waals surface area (Å²) in [6.45, 7) is 1.93. The molecule has 1 fully saturated rings. The van der Waals surface area contributed by atoms with E-state index in [0.29, 0.717) is 19.5 Å². The lowest BCUT2D eigenvalue weighted by atomic mass is 9.89.